The van der Waals surface area contributed by atoms with Crippen LogP contribution in [0, 0.1) is 5.92 Å². The molecule has 0 aromatic heterocycles. The largest absolute Gasteiger partial charge is 0.342 e. The first-order chi connectivity index (χ1) is 10.3. The number of carbonyl (C=O) groups excluding carboxylic acids is 1. The van der Waals surface area contributed by atoms with Crippen LogP contribution in [0.5, 0.6) is 0 Å². The molecule has 1 amide bonds. The summed E-state index contributed by atoms with van der Waals surface area (Å²) in [5.41, 5.74) is 1.15. The van der Waals surface area contributed by atoms with Gasteiger partial charge in [0.05, 0.1) is 5.92 Å². The van der Waals surface area contributed by atoms with Crippen LogP contribution in [0.3, 0.4) is 0 Å². The minimum absolute atomic E-state index is 0.0246. The molecule has 1 aromatic rings. The number of benzene rings is 1. The Morgan fingerprint density at radius 3 is 2.48 bits per heavy atom. The fourth-order valence-corrected chi connectivity index (χ4v) is 3.16. The van der Waals surface area contributed by atoms with E-state index in [2.05, 4.69) is 36.2 Å². The van der Waals surface area contributed by atoms with Crippen molar-refractivity contribution in [1.29, 1.82) is 0 Å². The normalized spacial score (nSPS) is 17.7. The Labute approximate surface area is 128 Å². The van der Waals surface area contributed by atoms with Crippen molar-refractivity contribution in [3.05, 3.63) is 35.9 Å². The molecule has 3 heteroatoms. The molecule has 116 valence electrons. The van der Waals surface area contributed by atoms with Crippen LogP contribution in [-0.4, -0.2) is 37.0 Å². The van der Waals surface area contributed by atoms with Crippen LogP contribution < -0.4 is 5.32 Å². The van der Waals surface area contributed by atoms with Crippen molar-refractivity contribution in [2.45, 2.75) is 39.0 Å². The first-order valence-electron chi connectivity index (χ1n) is 8.30. The van der Waals surface area contributed by atoms with Crippen molar-refractivity contribution in [3.63, 3.8) is 0 Å². The maximum Gasteiger partial charge on any atom is 0.230 e. The Hall–Kier alpha value is -1.35. The molecule has 2 rings (SSSR count). The highest BCUT2D eigenvalue weighted by molar-refractivity contribution is 5.83. The van der Waals surface area contributed by atoms with Crippen molar-refractivity contribution >= 4 is 5.91 Å². The zero-order chi connectivity index (χ0) is 15.1. The van der Waals surface area contributed by atoms with Gasteiger partial charge in [0.1, 0.15) is 0 Å². The van der Waals surface area contributed by atoms with Gasteiger partial charge >= 0.3 is 0 Å². The maximum absolute atomic E-state index is 12.8. The third-order valence-electron chi connectivity index (χ3n) is 4.52. The number of piperidine rings is 1. The van der Waals surface area contributed by atoms with Crippen LogP contribution in [0.4, 0.5) is 0 Å². The molecule has 1 saturated heterocycles. The molecule has 1 aromatic carbocycles. The minimum Gasteiger partial charge on any atom is -0.342 e. The van der Waals surface area contributed by atoms with Crippen molar-refractivity contribution in [2.24, 2.45) is 5.92 Å². The number of nitrogens with zero attached hydrogens (tertiary/aromatic N) is 1. The molecular formula is C18H28N2O. The molecule has 0 bridgehead atoms. The molecule has 1 atom stereocenters. The van der Waals surface area contributed by atoms with Gasteiger partial charge < -0.3 is 10.2 Å². The van der Waals surface area contributed by atoms with E-state index in [1.165, 1.54) is 0 Å². The lowest BCUT2D eigenvalue weighted by Crippen LogP contribution is -2.42. The lowest BCUT2D eigenvalue weighted by atomic mass is 9.92. The Bertz CT molecular complexity index is 424. The van der Waals surface area contributed by atoms with Crippen molar-refractivity contribution in [3.8, 4) is 0 Å². The highest BCUT2D eigenvalue weighted by Gasteiger charge is 2.27. The highest BCUT2D eigenvalue weighted by atomic mass is 16.2. The SMILES string of the molecule is CCNCC1CCN(C(=O)C(CC)c2ccccc2)CC1. The topological polar surface area (TPSA) is 32.3 Å². The van der Waals surface area contributed by atoms with Gasteiger partial charge in [-0.1, -0.05) is 44.2 Å². The molecule has 0 spiro atoms. The van der Waals surface area contributed by atoms with Crippen LogP contribution >= 0.6 is 0 Å². The van der Waals surface area contributed by atoms with E-state index in [1.54, 1.807) is 0 Å². The number of nitrogens with one attached hydrogen (secondary N) is 1. The van der Waals surface area contributed by atoms with Crippen LogP contribution in [-0.2, 0) is 4.79 Å². The summed E-state index contributed by atoms with van der Waals surface area (Å²) in [5, 5.41) is 3.42. The summed E-state index contributed by atoms with van der Waals surface area (Å²) >= 11 is 0. The number of carbonyl (C=O) groups is 1. The van der Waals surface area contributed by atoms with Crippen molar-refractivity contribution in [2.75, 3.05) is 26.2 Å². The summed E-state index contributed by atoms with van der Waals surface area (Å²) in [5.74, 6) is 1.06. The number of amides is 1. The fraction of sp³-hybridized carbons (Fsp3) is 0.611. The predicted octanol–water partition coefficient (Wildman–Crippen LogP) is 3.03. The zero-order valence-corrected chi connectivity index (χ0v) is 13.3. The Balaban J connectivity index is 1.91. The van der Waals surface area contributed by atoms with Crippen LogP contribution in [0.1, 0.15) is 44.6 Å². The van der Waals surface area contributed by atoms with E-state index >= 15 is 0 Å². The molecule has 3 nitrogen and oxygen atoms in total. The van der Waals surface area contributed by atoms with Gasteiger partial charge in [-0.2, -0.15) is 0 Å². The molecule has 1 fully saturated rings. The van der Waals surface area contributed by atoms with Gasteiger partial charge in [-0.15, -0.1) is 0 Å². The molecule has 0 saturated carbocycles. The van der Waals surface area contributed by atoms with Crippen LogP contribution in [0.2, 0.25) is 0 Å². The second-order valence-electron chi connectivity index (χ2n) is 5.95. The molecule has 21 heavy (non-hydrogen) atoms. The van der Waals surface area contributed by atoms with Gasteiger partial charge in [-0.05, 0) is 43.8 Å². The number of hydrogen-bond acceptors (Lipinski definition) is 2. The monoisotopic (exact) mass is 288 g/mol. The average molecular weight is 288 g/mol. The molecule has 0 aliphatic carbocycles. The van der Waals surface area contributed by atoms with Gasteiger partial charge in [0.2, 0.25) is 5.91 Å². The standard InChI is InChI=1S/C18H28N2O/c1-3-17(16-8-6-5-7-9-16)18(21)20-12-10-15(11-13-20)14-19-4-2/h5-9,15,17,19H,3-4,10-14H2,1-2H3. The van der Waals surface area contributed by atoms with E-state index in [0.717, 1.165) is 56.9 Å². The Morgan fingerprint density at radius 2 is 1.90 bits per heavy atom. The molecule has 0 radical (unpaired) electrons. The molecular weight excluding hydrogens is 260 g/mol. The van der Waals surface area contributed by atoms with E-state index in [4.69, 9.17) is 0 Å². The summed E-state index contributed by atoms with van der Waals surface area (Å²) in [6.07, 6.45) is 3.13. The Morgan fingerprint density at radius 1 is 1.24 bits per heavy atom. The van der Waals surface area contributed by atoms with E-state index in [1.807, 2.05) is 18.2 Å². The number of hydrogen-bond donors (Lipinski definition) is 1. The van der Waals surface area contributed by atoms with E-state index in [9.17, 15) is 4.79 Å². The summed E-state index contributed by atoms with van der Waals surface area (Å²) in [7, 11) is 0. The molecule has 1 N–H and O–H groups in total. The summed E-state index contributed by atoms with van der Waals surface area (Å²) in [4.78, 5) is 14.8. The molecule has 1 aliphatic rings. The predicted molar refractivity (Wildman–Crippen MR) is 87.3 cm³/mol. The molecule has 1 heterocycles. The van der Waals surface area contributed by atoms with Crippen molar-refractivity contribution < 1.29 is 4.79 Å². The first-order valence-corrected chi connectivity index (χ1v) is 8.30. The third kappa shape index (κ3) is 4.31. The first kappa shape index (κ1) is 16.0. The number of rotatable bonds is 6. The summed E-state index contributed by atoms with van der Waals surface area (Å²) in [6.45, 7) is 8.20. The van der Waals surface area contributed by atoms with Crippen molar-refractivity contribution in [1.82, 2.24) is 10.2 Å². The van der Waals surface area contributed by atoms with E-state index in [0.29, 0.717) is 5.91 Å². The number of likely N-dealkylation sites (tertiary alicyclic amines) is 1. The quantitative estimate of drug-likeness (QED) is 0.872. The molecule has 1 aliphatic heterocycles. The summed E-state index contributed by atoms with van der Waals surface area (Å²) < 4.78 is 0. The van der Waals surface area contributed by atoms with E-state index in [-0.39, 0.29) is 5.92 Å². The molecule has 1 unspecified atom stereocenters. The lowest BCUT2D eigenvalue weighted by molar-refractivity contribution is -0.134. The Kier molecular flexibility index (Phi) is 6.24. The van der Waals surface area contributed by atoms with Gasteiger partial charge in [0.15, 0.2) is 0 Å². The zero-order valence-electron chi connectivity index (χ0n) is 13.3. The summed E-state index contributed by atoms with van der Waals surface area (Å²) in [6, 6.07) is 10.2. The smallest absolute Gasteiger partial charge is 0.230 e. The minimum atomic E-state index is 0.0246. The van der Waals surface area contributed by atoms with E-state index < -0.39 is 0 Å². The van der Waals surface area contributed by atoms with Gasteiger partial charge in [-0.25, -0.2) is 0 Å². The highest BCUT2D eigenvalue weighted by Crippen LogP contribution is 2.25. The van der Waals surface area contributed by atoms with Gasteiger partial charge in [0.25, 0.3) is 0 Å². The maximum atomic E-state index is 12.8. The second kappa shape index (κ2) is 8.18. The second-order valence-corrected chi connectivity index (χ2v) is 5.95. The van der Waals surface area contributed by atoms with Gasteiger partial charge in [0, 0.05) is 13.1 Å². The lowest BCUT2D eigenvalue weighted by Gasteiger charge is -2.34. The fourth-order valence-electron chi connectivity index (χ4n) is 3.16. The van der Waals surface area contributed by atoms with Gasteiger partial charge in [-0.3, -0.25) is 4.79 Å². The average Bonchev–Trinajstić information content (AvgIpc) is 2.55. The van der Waals surface area contributed by atoms with Crippen LogP contribution in [0.25, 0.3) is 0 Å². The third-order valence-corrected chi connectivity index (χ3v) is 4.52. The van der Waals surface area contributed by atoms with Crippen LogP contribution in [0.15, 0.2) is 30.3 Å².